The topological polar surface area (TPSA) is 91.9 Å². The number of hydrogen-bond donors (Lipinski definition) is 3. The quantitative estimate of drug-likeness (QED) is 0.677. The zero-order valence-electron chi connectivity index (χ0n) is 18.3. The third kappa shape index (κ3) is 5.92. The van der Waals surface area contributed by atoms with Gasteiger partial charge >= 0.3 is 12.1 Å². The van der Waals surface area contributed by atoms with E-state index in [0.717, 1.165) is 17.5 Å². The summed E-state index contributed by atoms with van der Waals surface area (Å²) in [6.07, 6.45) is 1.57. The van der Waals surface area contributed by atoms with Crippen LogP contribution in [0.5, 0.6) is 11.5 Å². The normalized spacial score (nSPS) is 15.9. The summed E-state index contributed by atoms with van der Waals surface area (Å²) in [5.41, 5.74) is 1.70. The Labute approximate surface area is 173 Å². The summed E-state index contributed by atoms with van der Waals surface area (Å²) in [6, 6.07) is 3.16. The monoisotopic (exact) mass is 406 g/mol. The molecule has 0 radical (unpaired) electrons. The molecule has 0 spiro atoms. The van der Waals surface area contributed by atoms with Crippen LogP contribution in [0.3, 0.4) is 0 Å². The van der Waals surface area contributed by atoms with E-state index < -0.39 is 0 Å². The number of fused-ring (bicyclic) bond motifs is 1. The van der Waals surface area contributed by atoms with Crippen molar-refractivity contribution in [3.63, 3.8) is 0 Å². The summed E-state index contributed by atoms with van der Waals surface area (Å²) >= 11 is 0. The predicted octanol–water partition coefficient (Wildman–Crippen LogP) is 2.82. The highest BCUT2D eigenvalue weighted by atomic mass is 16.5. The van der Waals surface area contributed by atoms with E-state index in [1.54, 1.807) is 19.1 Å². The molecule has 0 saturated heterocycles. The SMILES string of the molecule is CCCNC(=O)N1CCc2cc(OC)c(OC)cc2C1CNC(=O)NC(C)(C)C. The van der Waals surface area contributed by atoms with Crippen molar-refractivity contribution in [2.75, 3.05) is 33.9 Å². The van der Waals surface area contributed by atoms with Crippen molar-refractivity contribution in [2.24, 2.45) is 0 Å². The number of rotatable bonds is 6. The summed E-state index contributed by atoms with van der Waals surface area (Å²) in [5.74, 6) is 1.26. The summed E-state index contributed by atoms with van der Waals surface area (Å²) < 4.78 is 10.9. The smallest absolute Gasteiger partial charge is 0.317 e. The largest absolute Gasteiger partial charge is 0.493 e. The maximum Gasteiger partial charge on any atom is 0.317 e. The molecule has 3 N–H and O–H groups in total. The molecule has 29 heavy (non-hydrogen) atoms. The van der Waals surface area contributed by atoms with Gasteiger partial charge in [0.1, 0.15) is 0 Å². The van der Waals surface area contributed by atoms with E-state index in [1.165, 1.54) is 0 Å². The Morgan fingerprint density at radius 2 is 1.79 bits per heavy atom. The fourth-order valence-electron chi connectivity index (χ4n) is 3.40. The van der Waals surface area contributed by atoms with Crippen LogP contribution < -0.4 is 25.4 Å². The maximum absolute atomic E-state index is 12.8. The molecule has 0 fully saturated rings. The number of amides is 4. The van der Waals surface area contributed by atoms with Crippen LogP contribution in [0.4, 0.5) is 9.59 Å². The standard InChI is InChI=1S/C21H34N4O4/c1-7-9-22-20(27)25-10-8-14-11-17(28-5)18(29-6)12-15(14)16(25)13-23-19(26)24-21(2,3)4/h11-12,16H,7-10,13H2,1-6H3,(H,22,27)(H2,23,24,26). The average Bonchev–Trinajstić information content (AvgIpc) is 2.67. The van der Waals surface area contributed by atoms with Crippen molar-refractivity contribution < 1.29 is 19.1 Å². The molecule has 162 valence electrons. The van der Waals surface area contributed by atoms with Crippen LogP contribution in [0.25, 0.3) is 0 Å². The van der Waals surface area contributed by atoms with Crippen LogP contribution in [0.2, 0.25) is 0 Å². The zero-order chi connectivity index (χ0) is 21.6. The second-order valence-electron chi connectivity index (χ2n) is 8.18. The van der Waals surface area contributed by atoms with Gasteiger partial charge < -0.3 is 30.3 Å². The van der Waals surface area contributed by atoms with Crippen molar-refractivity contribution >= 4 is 12.1 Å². The van der Waals surface area contributed by atoms with Gasteiger partial charge in [-0.25, -0.2) is 9.59 Å². The van der Waals surface area contributed by atoms with E-state index in [0.29, 0.717) is 37.6 Å². The number of nitrogens with zero attached hydrogens (tertiary/aromatic N) is 1. The molecular formula is C21H34N4O4. The van der Waals surface area contributed by atoms with Gasteiger partial charge in [-0.05, 0) is 56.9 Å². The number of carbonyl (C=O) groups excluding carboxylic acids is 2. The number of ether oxygens (including phenoxy) is 2. The van der Waals surface area contributed by atoms with Crippen LogP contribution in [0, 0.1) is 0 Å². The summed E-state index contributed by atoms with van der Waals surface area (Å²) in [5, 5.41) is 8.74. The lowest BCUT2D eigenvalue weighted by atomic mass is 9.92. The van der Waals surface area contributed by atoms with Crippen molar-refractivity contribution in [3.05, 3.63) is 23.3 Å². The molecule has 0 bridgehead atoms. The number of carbonyl (C=O) groups is 2. The minimum Gasteiger partial charge on any atom is -0.493 e. The molecule has 1 unspecified atom stereocenters. The summed E-state index contributed by atoms with van der Waals surface area (Å²) in [4.78, 5) is 26.8. The van der Waals surface area contributed by atoms with E-state index in [-0.39, 0.29) is 23.6 Å². The Bertz CT molecular complexity index is 730. The molecule has 1 aromatic rings. The maximum atomic E-state index is 12.8. The van der Waals surface area contributed by atoms with Gasteiger partial charge in [0, 0.05) is 25.2 Å². The fourth-order valence-corrected chi connectivity index (χ4v) is 3.40. The van der Waals surface area contributed by atoms with Crippen molar-refractivity contribution in [3.8, 4) is 11.5 Å². The first-order chi connectivity index (χ1) is 13.7. The Hall–Kier alpha value is -2.64. The van der Waals surface area contributed by atoms with Crippen LogP contribution in [0.1, 0.15) is 51.3 Å². The summed E-state index contributed by atoms with van der Waals surface area (Å²) in [7, 11) is 3.19. The van der Waals surface area contributed by atoms with Gasteiger partial charge in [-0.15, -0.1) is 0 Å². The average molecular weight is 407 g/mol. The zero-order valence-corrected chi connectivity index (χ0v) is 18.3. The highest BCUT2D eigenvalue weighted by molar-refractivity contribution is 5.77. The lowest BCUT2D eigenvalue weighted by molar-refractivity contribution is 0.166. The van der Waals surface area contributed by atoms with Gasteiger partial charge in [-0.3, -0.25) is 0 Å². The molecule has 0 saturated carbocycles. The minimum absolute atomic E-state index is 0.129. The molecule has 1 aliphatic heterocycles. The molecular weight excluding hydrogens is 372 g/mol. The molecule has 1 heterocycles. The van der Waals surface area contributed by atoms with Crippen LogP contribution in [0.15, 0.2) is 12.1 Å². The molecule has 1 atom stereocenters. The Kier molecular flexibility index (Phi) is 7.59. The van der Waals surface area contributed by atoms with Crippen molar-refractivity contribution in [1.29, 1.82) is 0 Å². The Morgan fingerprint density at radius 3 is 2.38 bits per heavy atom. The van der Waals surface area contributed by atoms with Crippen molar-refractivity contribution in [2.45, 2.75) is 52.1 Å². The molecule has 1 aliphatic rings. The predicted molar refractivity (Wildman–Crippen MR) is 113 cm³/mol. The van der Waals surface area contributed by atoms with Gasteiger partial charge in [-0.1, -0.05) is 6.92 Å². The molecule has 0 aromatic heterocycles. The van der Waals surface area contributed by atoms with Gasteiger partial charge in [0.2, 0.25) is 0 Å². The number of nitrogens with one attached hydrogen (secondary N) is 3. The molecule has 8 nitrogen and oxygen atoms in total. The second kappa shape index (κ2) is 9.71. The lowest BCUT2D eigenvalue weighted by Gasteiger charge is -2.38. The van der Waals surface area contributed by atoms with Crippen LogP contribution >= 0.6 is 0 Å². The molecule has 4 amide bonds. The van der Waals surface area contributed by atoms with Crippen LogP contribution in [-0.2, 0) is 6.42 Å². The van der Waals surface area contributed by atoms with Gasteiger partial charge in [0.05, 0.1) is 20.3 Å². The van der Waals surface area contributed by atoms with Gasteiger partial charge in [0.15, 0.2) is 11.5 Å². The van der Waals surface area contributed by atoms with Crippen molar-refractivity contribution in [1.82, 2.24) is 20.9 Å². The first-order valence-corrected chi connectivity index (χ1v) is 10.1. The van der Waals surface area contributed by atoms with Gasteiger partial charge in [-0.2, -0.15) is 0 Å². The lowest BCUT2D eigenvalue weighted by Crippen LogP contribution is -2.52. The second-order valence-corrected chi connectivity index (χ2v) is 8.18. The third-order valence-corrected chi connectivity index (χ3v) is 4.73. The van der Waals surface area contributed by atoms with E-state index in [9.17, 15) is 9.59 Å². The fraction of sp³-hybridized carbons (Fsp3) is 0.619. The highest BCUT2D eigenvalue weighted by Gasteiger charge is 2.32. The van der Waals surface area contributed by atoms with E-state index in [4.69, 9.17) is 9.47 Å². The Balaban J connectivity index is 2.31. The number of urea groups is 2. The van der Waals surface area contributed by atoms with E-state index in [1.807, 2.05) is 39.8 Å². The van der Waals surface area contributed by atoms with Gasteiger partial charge in [0.25, 0.3) is 0 Å². The first-order valence-electron chi connectivity index (χ1n) is 10.1. The Morgan fingerprint density at radius 1 is 1.14 bits per heavy atom. The molecule has 1 aromatic carbocycles. The minimum atomic E-state index is -0.344. The first kappa shape index (κ1) is 22.6. The number of benzene rings is 1. The van der Waals surface area contributed by atoms with E-state index >= 15 is 0 Å². The number of hydrogen-bond acceptors (Lipinski definition) is 4. The van der Waals surface area contributed by atoms with E-state index in [2.05, 4.69) is 16.0 Å². The molecule has 0 aliphatic carbocycles. The molecule has 8 heteroatoms. The van der Waals surface area contributed by atoms with Crippen LogP contribution in [-0.4, -0.2) is 56.4 Å². The third-order valence-electron chi connectivity index (χ3n) is 4.73. The number of methoxy groups -OCH3 is 2. The molecule has 2 rings (SSSR count). The highest BCUT2D eigenvalue weighted by Crippen LogP contribution is 2.37. The summed E-state index contributed by atoms with van der Waals surface area (Å²) in [6.45, 7) is 9.24.